The normalized spacial score (nSPS) is 14.2. The van der Waals surface area contributed by atoms with Gasteiger partial charge in [-0.15, -0.1) is 0 Å². The summed E-state index contributed by atoms with van der Waals surface area (Å²) < 4.78 is 1.75. The highest BCUT2D eigenvalue weighted by atomic mass is 16.1. The molecule has 0 bridgehead atoms. The number of carbonyl (C=O) groups excluding carboxylic acids is 1. The summed E-state index contributed by atoms with van der Waals surface area (Å²) in [5, 5.41) is 7.77. The molecule has 4 aromatic rings. The molecule has 7 nitrogen and oxygen atoms in total. The Labute approximate surface area is 199 Å². The number of carbonyl (C=O) groups is 1. The Morgan fingerprint density at radius 1 is 0.912 bits per heavy atom. The van der Waals surface area contributed by atoms with Crippen molar-refractivity contribution in [1.82, 2.24) is 25.0 Å². The van der Waals surface area contributed by atoms with Crippen LogP contribution in [-0.2, 0) is 6.54 Å². The van der Waals surface area contributed by atoms with Crippen molar-refractivity contribution in [2.45, 2.75) is 6.54 Å². The molecule has 7 heteroatoms. The first-order chi connectivity index (χ1) is 16.7. The second-order valence-electron chi connectivity index (χ2n) is 8.54. The average Bonchev–Trinajstić information content (AvgIpc) is 3.35. The Morgan fingerprint density at radius 3 is 2.29 bits per heavy atom. The van der Waals surface area contributed by atoms with E-state index in [4.69, 9.17) is 5.10 Å². The first-order valence-electron chi connectivity index (χ1n) is 11.5. The van der Waals surface area contributed by atoms with Crippen molar-refractivity contribution in [3.63, 3.8) is 0 Å². The highest BCUT2D eigenvalue weighted by Crippen LogP contribution is 2.24. The number of hydrogen-bond donors (Lipinski definition) is 1. The van der Waals surface area contributed by atoms with Gasteiger partial charge in [0.1, 0.15) is 11.5 Å². The summed E-state index contributed by atoms with van der Waals surface area (Å²) in [7, 11) is 2.14. The Hall–Kier alpha value is -3.97. The fraction of sp³-hybridized carbons (Fsp3) is 0.222. The van der Waals surface area contributed by atoms with Crippen molar-refractivity contribution in [3.8, 4) is 16.9 Å². The zero-order chi connectivity index (χ0) is 23.3. The van der Waals surface area contributed by atoms with Crippen molar-refractivity contribution in [3.05, 3.63) is 96.3 Å². The van der Waals surface area contributed by atoms with Gasteiger partial charge in [-0.3, -0.25) is 4.79 Å². The summed E-state index contributed by atoms with van der Waals surface area (Å²) in [6.07, 6.45) is 3.64. The number of rotatable bonds is 6. The smallest absolute Gasteiger partial charge is 0.255 e. The summed E-state index contributed by atoms with van der Waals surface area (Å²) in [6, 6.07) is 23.7. The molecule has 0 spiro atoms. The van der Waals surface area contributed by atoms with Gasteiger partial charge in [0.15, 0.2) is 0 Å². The molecule has 1 amide bonds. The van der Waals surface area contributed by atoms with E-state index in [1.165, 1.54) is 0 Å². The van der Waals surface area contributed by atoms with Gasteiger partial charge in [0.2, 0.25) is 0 Å². The maximum atomic E-state index is 13.2. The van der Waals surface area contributed by atoms with E-state index in [9.17, 15) is 4.79 Å². The number of hydrogen-bond acceptors (Lipinski definition) is 5. The van der Waals surface area contributed by atoms with Crippen molar-refractivity contribution in [2.24, 2.45) is 0 Å². The lowest BCUT2D eigenvalue weighted by Gasteiger charge is -2.33. The molecule has 2 aromatic carbocycles. The molecule has 0 saturated carbocycles. The predicted octanol–water partition coefficient (Wildman–Crippen LogP) is 3.62. The minimum Gasteiger partial charge on any atom is -0.354 e. The van der Waals surface area contributed by atoms with E-state index in [1.54, 1.807) is 10.9 Å². The van der Waals surface area contributed by atoms with E-state index in [-0.39, 0.29) is 5.91 Å². The summed E-state index contributed by atoms with van der Waals surface area (Å²) in [4.78, 5) is 22.5. The molecule has 1 saturated heterocycles. The standard InChI is InChI=1S/C27H28N6O/c1-31-14-16-32(17-15-31)25-13-12-21(18-28-25)19-29-27(34)24-20-33(23-10-6-3-7-11-23)30-26(24)22-8-4-2-5-9-22/h2-13,18,20H,14-17,19H2,1H3,(H,29,34). The molecule has 5 rings (SSSR count). The van der Waals surface area contributed by atoms with Gasteiger partial charge in [-0.1, -0.05) is 54.6 Å². The van der Waals surface area contributed by atoms with Crippen molar-refractivity contribution in [2.75, 3.05) is 38.1 Å². The third kappa shape index (κ3) is 4.84. The number of amides is 1. The Bertz CT molecular complexity index is 1230. The van der Waals surface area contributed by atoms with Gasteiger partial charge >= 0.3 is 0 Å². The number of benzene rings is 2. The van der Waals surface area contributed by atoms with Crippen LogP contribution in [-0.4, -0.2) is 58.8 Å². The Balaban J connectivity index is 1.32. The van der Waals surface area contributed by atoms with Crippen LogP contribution in [0, 0.1) is 0 Å². The van der Waals surface area contributed by atoms with E-state index >= 15 is 0 Å². The topological polar surface area (TPSA) is 66.3 Å². The first kappa shape index (κ1) is 21.9. The molecule has 3 heterocycles. The average molecular weight is 453 g/mol. The monoisotopic (exact) mass is 452 g/mol. The third-order valence-electron chi connectivity index (χ3n) is 6.12. The third-order valence-corrected chi connectivity index (χ3v) is 6.12. The Morgan fingerprint density at radius 2 is 1.62 bits per heavy atom. The van der Waals surface area contributed by atoms with Gasteiger partial charge in [0.05, 0.1) is 11.3 Å². The van der Waals surface area contributed by atoms with Crippen LogP contribution in [0.1, 0.15) is 15.9 Å². The molecule has 0 aliphatic carbocycles. The van der Waals surface area contributed by atoms with Crippen molar-refractivity contribution < 1.29 is 4.79 Å². The summed E-state index contributed by atoms with van der Waals surface area (Å²) in [6.45, 7) is 4.44. The zero-order valence-corrected chi connectivity index (χ0v) is 19.3. The SMILES string of the molecule is CN1CCN(c2ccc(CNC(=O)c3cn(-c4ccccc4)nc3-c3ccccc3)cn2)CC1. The second-order valence-corrected chi connectivity index (χ2v) is 8.54. The van der Waals surface area contributed by atoms with E-state index < -0.39 is 0 Å². The quantitative estimate of drug-likeness (QED) is 0.484. The van der Waals surface area contributed by atoms with E-state index in [1.807, 2.05) is 79.0 Å². The van der Waals surface area contributed by atoms with Gasteiger partial charge in [-0.05, 0) is 30.8 Å². The van der Waals surface area contributed by atoms with Gasteiger partial charge in [0, 0.05) is 50.7 Å². The van der Waals surface area contributed by atoms with E-state index in [2.05, 4.69) is 27.1 Å². The first-order valence-corrected chi connectivity index (χ1v) is 11.5. The van der Waals surface area contributed by atoms with Crippen LogP contribution in [0.2, 0.25) is 0 Å². The molecule has 1 aliphatic rings. The molecule has 34 heavy (non-hydrogen) atoms. The number of nitrogens with zero attached hydrogens (tertiary/aromatic N) is 5. The molecule has 1 fully saturated rings. The van der Waals surface area contributed by atoms with Crippen LogP contribution in [0.3, 0.4) is 0 Å². The Kier molecular flexibility index (Phi) is 6.35. The van der Waals surface area contributed by atoms with E-state index in [0.29, 0.717) is 17.8 Å². The van der Waals surface area contributed by atoms with Crippen LogP contribution < -0.4 is 10.2 Å². The predicted molar refractivity (Wildman–Crippen MR) is 134 cm³/mol. The summed E-state index contributed by atoms with van der Waals surface area (Å²) in [5.74, 6) is 0.822. The van der Waals surface area contributed by atoms with Crippen molar-refractivity contribution in [1.29, 1.82) is 0 Å². The van der Waals surface area contributed by atoms with Gasteiger partial charge < -0.3 is 15.1 Å². The molecular weight excluding hydrogens is 424 g/mol. The summed E-state index contributed by atoms with van der Waals surface area (Å²) in [5.41, 5.74) is 3.97. The number of para-hydroxylation sites is 1. The number of anilines is 1. The second kappa shape index (κ2) is 9.89. The molecule has 1 aliphatic heterocycles. The number of piperazine rings is 1. The maximum Gasteiger partial charge on any atom is 0.255 e. The van der Waals surface area contributed by atoms with Gasteiger partial charge in [0.25, 0.3) is 5.91 Å². The number of aromatic nitrogens is 3. The lowest BCUT2D eigenvalue weighted by atomic mass is 10.1. The molecule has 0 atom stereocenters. The number of nitrogens with one attached hydrogen (secondary N) is 1. The van der Waals surface area contributed by atoms with Crippen LogP contribution in [0.15, 0.2) is 85.2 Å². The fourth-order valence-corrected chi connectivity index (χ4v) is 4.08. The molecule has 0 radical (unpaired) electrons. The molecular formula is C27H28N6O. The maximum absolute atomic E-state index is 13.2. The number of pyridine rings is 1. The molecule has 1 N–H and O–H groups in total. The van der Waals surface area contributed by atoms with Crippen LogP contribution in [0.5, 0.6) is 0 Å². The van der Waals surface area contributed by atoms with Gasteiger partial charge in [-0.25, -0.2) is 9.67 Å². The largest absolute Gasteiger partial charge is 0.354 e. The summed E-state index contributed by atoms with van der Waals surface area (Å²) >= 11 is 0. The lowest BCUT2D eigenvalue weighted by Crippen LogP contribution is -2.44. The number of likely N-dealkylation sites (N-methyl/N-ethyl adjacent to an activating group) is 1. The van der Waals surface area contributed by atoms with Gasteiger partial charge in [-0.2, -0.15) is 5.10 Å². The molecule has 2 aromatic heterocycles. The van der Waals surface area contributed by atoms with Crippen LogP contribution in [0.25, 0.3) is 16.9 Å². The molecule has 172 valence electrons. The fourth-order valence-electron chi connectivity index (χ4n) is 4.08. The molecule has 0 unspecified atom stereocenters. The minimum atomic E-state index is -0.163. The van der Waals surface area contributed by atoms with Crippen LogP contribution >= 0.6 is 0 Å². The highest BCUT2D eigenvalue weighted by Gasteiger charge is 2.19. The van der Waals surface area contributed by atoms with Crippen molar-refractivity contribution >= 4 is 11.7 Å². The highest BCUT2D eigenvalue weighted by molar-refractivity contribution is 5.99. The zero-order valence-electron chi connectivity index (χ0n) is 19.3. The van der Waals surface area contributed by atoms with E-state index in [0.717, 1.165) is 48.8 Å². The van der Waals surface area contributed by atoms with Crippen LogP contribution in [0.4, 0.5) is 5.82 Å². The lowest BCUT2D eigenvalue weighted by molar-refractivity contribution is 0.0951. The minimum absolute atomic E-state index is 0.163.